The molecule has 0 unspecified atom stereocenters. The third-order valence-corrected chi connectivity index (χ3v) is 4.43. The van der Waals surface area contributed by atoms with Gasteiger partial charge in [-0.25, -0.2) is 0 Å². The highest BCUT2D eigenvalue weighted by Gasteiger charge is 2.19. The van der Waals surface area contributed by atoms with Gasteiger partial charge in [0.2, 0.25) is 0 Å². The van der Waals surface area contributed by atoms with Crippen LogP contribution in [0.5, 0.6) is 0 Å². The van der Waals surface area contributed by atoms with Gasteiger partial charge in [-0.1, -0.05) is 42.1 Å². The Labute approximate surface area is 144 Å². The number of hydrogen-bond donors (Lipinski definition) is 2. The Morgan fingerprint density at radius 1 is 1.04 bits per heavy atom. The van der Waals surface area contributed by atoms with E-state index < -0.39 is 0 Å². The van der Waals surface area contributed by atoms with Gasteiger partial charge in [0.05, 0.1) is 15.7 Å². The van der Waals surface area contributed by atoms with Crippen LogP contribution in [0.4, 0.5) is 11.5 Å². The van der Waals surface area contributed by atoms with E-state index in [9.17, 15) is 4.79 Å². The molecular weight excluding hydrogens is 335 g/mol. The van der Waals surface area contributed by atoms with E-state index >= 15 is 0 Å². The Kier molecular flexibility index (Phi) is 4.98. The summed E-state index contributed by atoms with van der Waals surface area (Å²) in [7, 11) is 0. The normalized spacial score (nSPS) is 14.7. The topological polar surface area (TPSA) is 66.9 Å². The number of carbonyl (C=O) groups is 1. The van der Waals surface area contributed by atoms with Crippen LogP contribution in [-0.2, 0) is 0 Å². The standard InChI is InChI=1S/C16H16Cl2N4O/c17-11-6-3-7-12(18)15(11)20-14-9-8-13(21-22-14)16(23)19-10-4-1-2-5-10/h3,6-10H,1-2,4-5H2,(H,19,23)(H,20,22). The highest BCUT2D eigenvalue weighted by atomic mass is 35.5. The zero-order chi connectivity index (χ0) is 16.2. The first-order valence-corrected chi connectivity index (χ1v) is 8.25. The van der Waals surface area contributed by atoms with E-state index in [1.807, 2.05) is 0 Å². The van der Waals surface area contributed by atoms with Crippen LogP contribution in [0.25, 0.3) is 0 Å². The first-order valence-electron chi connectivity index (χ1n) is 7.49. The number of anilines is 2. The van der Waals surface area contributed by atoms with Crippen LogP contribution in [0.2, 0.25) is 10.0 Å². The van der Waals surface area contributed by atoms with Gasteiger partial charge in [-0.2, -0.15) is 0 Å². The van der Waals surface area contributed by atoms with Gasteiger partial charge in [0.1, 0.15) is 0 Å². The summed E-state index contributed by atoms with van der Waals surface area (Å²) >= 11 is 12.2. The van der Waals surface area contributed by atoms with Crippen molar-refractivity contribution < 1.29 is 4.79 Å². The third-order valence-electron chi connectivity index (χ3n) is 3.80. The summed E-state index contributed by atoms with van der Waals surface area (Å²) in [6.07, 6.45) is 4.39. The largest absolute Gasteiger partial charge is 0.348 e. The van der Waals surface area contributed by atoms with Gasteiger partial charge in [0.25, 0.3) is 5.91 Å². The summed E-state index contributed by atoms with van der Waals surface area (Å²) in [4.78, 5) is 12.1. The number of rotatable bonds is 4. The maximum Gasteiger partial charge on any atom is 0.272 e. The zero-order valence-electron chi connectivity index (χ0n) is 12.4. The molecule has 0 aliphatic heterocycles. The predicted molar refractivity (Wildman–Crippen MR) is 91.5 cm³/mol. The number of nitrogens with one attached hydrogen (secondary N) is 2. The number of nitrogens with zero attached hydrogens (tertiary/aromatic N) is 2. The van der Waals surface area contributed by atoms with Gasteiger partial charge >= 0.3 is 0 Å². The van der Waals surface area contributed by atoms with Crippen LogP contribution in [0.3, 0.4) is 0 Å². The minimum atomic E-state index is -0.188. The number of benzene rings is 1. The Balaban J connectivity index is 1.68. The molecule has 1 aliphatic rings. The molecule has 1 amide bonds. The first-order chi connectivity index (χ1) is 11.1. The van der Waals surface area contributed by atoms with Crippen LogP contribution in [-0.4, -0.2) is 22.1 Å². The fourth-order valence-electron chi connectivity index (χ4n) is 2.59. The molecule has 7 heteroatoms. The van der Waals surface area contributed by atoms with E-state index in [4.69, 9.17) is 23.2 Å². The Bertz CT molecular complexity index is 679. The van der Waals surface area contributed by atoms with Crippen molar-refractivity contribution in [1.82, 2.24) is 15.5 Å². The van der Waals surface area contributed by atoms with Crippen molar-refractivity contribution in [3.8, 4) is 0 Å². The van der Waals surface area contributed by atoms with E-state index in [1.165, 1.54) is 0 Å². The molecule has 0 spiro atoms. The van der Waals surface area contributed by atoms with E-state index in [1.54, 1.807) is 30.3 Å². The van der Waals surface area contributed by atoms with Gasteiger partial charge in [0.15, 0.2) is 11.5 Å². The van der Waals surface area contributed by atoms with Crippen molar-refractivity contribution in [2.24, 2.45) is 0 Å². The molecule has 1 fully saturated rings. The number of para-hydroxylation sites is 1. The summed E-state index contributed by atoms with van der Waals surface area (Å²) in [6, 6.07) is 8.78. The van der Waals surface area contributed by atoms with Crippen LogP contribution in [0.15, 0.2) is 30.3 Å². The maximum atomic E-state index is 12.1. The minimum absolute atomic E-state index is 0.188. The number of aromatic nitrogens is 2. The molecule has 23 heavy (non-hydrogen) atoms. The molecule has 2 N–H and O–H groups in total. The predicted octanol–water partition coefficient (Wildman–Crippen LogP) is 4.20. The first kappa shape index (κ1) is 16.0. The third kappa shape index (κ3) is 3.92. The van der Waals surface area contributed by atoms with Crippen molar-refractivity contribution in [2.75, 3.05) is 5.32 Å². The number of halogens is 2. The number of hydrogen-bond acceptors (Lipinski definition) is 4. The van der Waals surface area contributed by atoms with Crippen molar-refractivity contribution in [3.63, 3.8) is 0 Å². The van der Waals surface area contributed by atoms with E-state index in [-0.39, 0.29) is 11.9 Å². The second kappa shape index (κ2) is 7.15. The average Bonchev–Trinajstić information content (AvgIpc) is 3.04. The molecule has 5 nitrogen and oxygen atoms in total. The van der Waals surface area contributed by atoms with E-state index in [0.717, 1.165) is 25.7 Å². The highest BCUT2D eigenvalue weighted by molar-refractivity contribution is 6.39. The Morgan fingerprint density at radius 2 is 1.74 bits per heavy atom. The lowest BCUT2D eigenvalue weighted by molar-refractivity contribution is 0.0932. The molecule has 1 saturated carbocycles. The minimum Gasteiger partial charge on any atom is -0.348 e. The second-order valence-corrected chi connectivity index (χ2v) is 6.29. The molecule has 1 aromatic carbocycles. The maximum absolute atomic E-state index is 12.1. The summed E-state index contributed by atoms with van der Waals surface area (Å²) < 4.78 is 0. The van der Waals surface area contributed by atoms with Gasteiger partial charge in [-0.15, -0.1) is 10.2 Å². The van der Waals surface area contributed by atoms with E-state index in [0.29, 0.717) is 27.2 Å². The zero-order valence-corrected chi connectivity index (χ0v) is 13.9. The van der Waals surface area contributed by atoms with Gasteiger partial charge in [0, 0.05) is 6.04 Å². The molecule has 1 aliphatic carbocycles. The van der Waals surface area contributed by atoms with Crippen LogP contribution in [0.1, 0.15) is 36.2 Å². The summed E-state index contributed by atoms with van der Waals surface area (Å²) in [5, 5.41) is 14.9. The van der Waals surface area contributed by atoms with Crippen molar-refractivity contribution in [3.05, 3.63) is 46.1 Å². The van der Waals surface area contributed by atoms with Crippen LogP contribution in [0, 0.1) is 0 Å². The smallest absolute Gasteiger partial charge is 0.272 e. The van der Waals surface area contributed by atoms with E-state index in [2.05, 4.69) is 20.8 Å². The lowest BCUT2D eigenvalue weighted by Crippen LogP contribution is -2.33. The molecule has 120 valence electrons. The van der Waals surface area contributed by atoms with Crippen molar-refractivity contribution in [1.29, 1.82) is 0 Å². The van der Waals surface area contributed by atoms with Crippen molar-refractivity contribution >= 4 is 40.6 Å². The Morgan fingerprint density at radius 3 is 2.35 bits per heavy atom. The van der Waals surface area contributed by atoms with Gasteiger partial charge in [-0.3, -0.25) is 4.79 Å². The van der Waals surface area contributed by atoms with Crippen molar-refractivity contribution in [2.45, 2.75) is 31.7 Å². The van der Waals surface area contributed by atoms with Gasteiger partial charge in [-0.05, 0) is 37.1 Å². The quantitative estimate of drug-likeness (QED) is 0.866. The lowest BCUT2D eigenvalue weighted by Gasteiger charge is -2.12. The average molecular weight is 351 g/mol. The molecule has 2 aromatic rings. The second-order valence-electron chi connectivity index (χ2n) is 5.48. The van der Waals surface area contributed by atoms with Crippen LogP contribution >= 0.6 is 23.2 Å². The highest BCUT2D eigenvalue weighted by Crippen LogP contribution is 2.31. The molecule has 0 atom stereocenters. The number of carbonyl (C=O) groups excluding carboxylic acids is 1. The summed E-state index contributed by atoms with van der Waals surface area (Å²) in [6.45, 7) is 0. The molecule has 0 radical (unpaired) electrons. The molecule has 1 heterocycles. The molecular formula is C16H16Cl2N4O. The molecule has 0 saturated heterocycles. The SMILES string of the molecule is O=C(NC1CCCC1)c1ccc(Nc2c(Cl)cccc2Cl)nn1. The van der Waals surface area contributed by atoms with Crippen LogP contribution < -0.4 is 10.6 Å². The fourth-order valence-corrected chi connectivity index (χ4v) is 3.09. The Hall–Kier alpha value is -1.85. The molecule has 1 aromatic heterocycles. The summed E-state index contributed by atoms with van der Waals surface area (Å²) in [5.41, 5.74) is 0.862. The molecule has 3 rings (SSSR count). The fraction of sp³-hybridized carbons (Fsp3) is 0.312. The number of amides is 1. The van der Waals surface area contributed by atoms with Gasteiger partial charge < -0.3 is 10.6 Å². The monoisotopic (exact) mass is 350 g/mol. The molecule has 0 bridgehead atoms. The lowest BCUT2D eigenvalue weighted by atomic mass is 10.2. The summed E-state index contributed by atoms with van der Waals surface area (Å²) in [5.74, 6) is 0.282.